The summed E-state index contributed by atoms with van der Waals surface area (Å²) in [5.74, 6) is 0.0137. The summed E-state index contributed by atoms with van der Waals surface area (Å²) >= 11 is 0. The summed E-state index contributed by atoms with van der Waals surface area (Å²) in [7, 11) is 0. The Balaban J connectivity index is 1.49. The number of anilines is 1. The number of carbonyl (C=O) groups excluding carboxylic acids is 3. The van der Waals surface area contributed by atoms with Crippen LogP contribution in [0.2, 0.25) is 0 Å². The average molecular weight is 697 g/mol. The van der Waals surface area contributed by atoms with Gasteiger partial charge in [0, 0.05) is 37.8 Å². The van der Waals surface area contributed by atoms with Crippen molar-refractivity contribution in [3.8, 4) is 5.75 Å². The van der Waals surface area contributed by atoms with E-state index in [2.05, 4.69) is 10.6 Å². The van der Waals surface area contributed by atoms with Crippen LogP contribution >= 0.6 is 0 Å². The van der Waals surface area contributed by atoms with Gasteiger partial charge in [0.15, 0.2) is 0 Å². The lowest BCUT2D eigenvalue weighted by atomic mass is 10.0. The van der Waals surface area contributed by atoms with Crippen LogP contribution in [0.1, 0.15) is 56.7 Å². The molecule has 0 radical (unpaired) electrons. The molecule has 1 aliphatic carbocycles. The topological polar surface area (TPSA) is 100 Å². The van der Waals surface area contributed by atoms with Crippen LogP contribution in [-0.4, -0.2) is 60.6 Å². The zero-order valence-electron chi connectivity index (χ0n) is 27.2. The van der Waals surface area contributed by atoms with E-state index < -0.39 is 59.7 Å². The zero-order chi connectivity index (χ0) is 36.0. The second-order valence-corrected chi connectivity index (χ2v) is 12.7. The van der Waals surface area contributed by atoms with Crippen LogP contribution in [0.25, 0.3) is 0 Å². The van der Waals surface area contributed by atoms with E-state index in [0.29, 0.717) is 48.7 Å². The van der Waals surface area contributed by atoms with Crippen molar-refractivity contribution >= 4 is 23.6 Å². The van der Waals surface area contributed by atoms with Crippen LogP contribution in [0.15, 0.2) is 66.5 Å². The Hall–Kier alpha value is -4.69. The molecule has 15 heteroatoms. The largest absolute Gasteiger partial charge is 0.462 e. The molecule has 0 saturated carbocycles. The van der Waals surface area contributed by atoms with E-state index in [1.165, 1.54) is 9.80 Å². The van der Waals surface area contributed by atoms with Crippen molar-refractivity contribution in [2.75, 3.05) is 31.1 Å². The molecule has 49 heavy (non-hydrogen) atoms. The highest BCUT2D eigenvalue weighted by atomic mass is 19.4. The Morgan fingerprint density at radius 1 is 0.959 bits per heavy atom. The molecule has 1 aliphatic heterocycles. The number of halogens is 6. The van der Waals surface area contributed by atoms with Crippen LogP contribution in [0, 0.1) is 0 Å². The quantitative estimate of drug-likeness (QED) is 0.272. The molecule has 2 N–H and O–H groups in total. The van der Waals surface area contributed by atoms with Gasteiger partial charge < -0.3 is 29.9 Å². The fourth-order valence-electron chi connectivity index (χ4n) is 5.19. The van der Waals surface area contributed by atoms with E-state index in [0.717, 1.165) is 6.42 Å². The van der Waals surface area contributed by atoms with Gasteiger partial charge >= 0.3 is 18.4 Å². The molecule has 0 aromatic heterocycles. The normalized spacial score (nSPS) is 16.6. The zero-order valence-corrected chi connectivity index (χ0v) is 27.2. The molecule has 2 aromatic rings. The van der Waals surface area contributed by atoms with Gasteiger partial charge in [-0.1, -0.05) is 18.2 Å². The number of hydrogen-bond donors (Lipinski definition) is 2. The molecular weight excluding hydrogens is 658 g/mol. The first-order valence-corrected chi connectivity index (χ1v) is 15.6. The summed E-state index contributed by atoms with van der Waals surface area (Å²) in [6.45, 7) is 4.31. The molecule has 4 rings (SSSR count). The van der Waals surface area contributed by atoms with Crippen LogP contribution in [-0.2, 0) is 33.2 Å². The molecule has 9 nitrogen and oxygen atoms in total. The number of ether oxygens (including phenoxy) is 2. The van der Waals surface area contributed by atoms with Gasteiger partial charge in [-0.3, -0.25) is 9.59 Å². The lowest BCUT2D eigenvalue weighted by Crippen LogP contribution is -2.45. The van der Waals surface area contributed by atoms with Gasteiger partial charge in [0.2, 0.25) is 11.8 Å². The summed E-state index contributed by atoms with van der Waals surface area (Å²) < 4.78 is 91.3. The van der Waals surface area contributed by atoms with E-state index in [4.69, 9.17) is 9.47 Å². The number of nitrogens with zero attached hydrogens (tertiary/aromatic N) is 2. The number of hydrogen-bond acceptors (Lipinski definition) is 6. The van der Waals surface area contributed by atoms with Gasteiger partial charge in [0.1, 0.15) is 17.1 Å². The SMILES string of the molecule is CC(C)(C)OC(=O)N[C@H]1CCN(C(=O)CN(CC(=O)NCc2cc(C(F)(F)F)cc(C(F)(F)F)c2)c2cccc(OC3=CC=CCC3)c2)C1. The third-order valence-electron chi connectivity index (χ3n) is 7.47. The van der Waals surface area contributed by atoms with Gasteiger partial charge in [-0.2, -0.15) is 26.3 Å². The maximum absolute atomic E-state index is 13.5. The highest BCUT2D eigenvalue weighted by Gasteiger charge is 2.37. The maximum atomic E-state index is 13.5. The number of allylic oxidation sites excluding steroid dienone is 4. The number of alkyl halides is 6. The number of benzene rings is 2. The lowest BCUT2D eigenvalue weighted by molar-refractivity contribution is -0.143. The average Bonchev–Trinajstić information content (AvgIpc) is 3.47. The minimum Gasteiger partial charge on any atom is -0.462 e. The Labute approximate surface area is 279 Å². The molecular formula is C34H38F6N4O5. The fraction of sp³-hybridized carbons (Fsp3) is 0.441. The highest BCUT2D eigenvalue weighted by molar-refractivity contribution is 5.87. The van der Waals surface area contributed by atoms with Crippen LogP contribution in [0.5, 0.6) is 5.75 Å². The fourth-order valence-corrected chi connectivity index (χ4v) is 5.19. The molecule has 1 saturated heterocycles. The molecule has 266 valence electrons. The Kier molecular flexibility index (Phi) is 11.6. The Morgan fingerprint density at radius 2 is 1.65 bits per heavy atom. The Morgan fingerprint density at radius 3 is 2.27 bits per heavy atom. The van der Waals surface area contributed by atoms with Crippen molar-refractivity contribution in [2.24, 2.45) is 0 Å². The first-order chi connectivity index (χ1) is 22.9. The molecule has 2 aliphatic rings. The number of likely N-dealkylation sites (tertiary alicyclic amines) is 1. The molecule has 0 bridgehead atoms. The number of carbonyl (C=O) groups is 3. The van der Waals surface area contributed by atoms with Crippen molar-refractivity contribution in [3.63, 3.8) is 0 Å². The van der Waals surface area contributed by atoms with Crippen LogP contribution in [0.4, 0.5) is 36.8 Å². The first-order valence-electron chi connectivity index (χ1n) is 15.6. The van der Waals surface area contributed by atoms with E-state index in [9.17, 15) is 40.7 Å². The predicted molar refractivity (Wildman–Crippen MR) is 168 cm³/mol. The minimum absolute atomic E-state index is 0.0132. The molecule has 2 aromatic carbocycles. The standard InChI is InChI=1S/C34H38F6N4O5/c1-32(2,3)49-31(47)42-25-12-13-43(19-25)30(46)21-44(26-8-7-11-28(17-26)48-27-9-5-4-6-10-27)20-29(45)41-18-22-14-23(33(35,36)37)16-24(15-22)34(38,39)40/h4-5,7-9,11,14-17,25H,6,10,12-13,18-21H2,1-3H3,(H,41,45)(H,42,47)/t25-/m0/s1. The second kappa shape index (κ2) is 15.2. The number of nitrogens with one attached hydrogen (secondary N) is 2. The van der Waals surface area contributed by atoms with Gasteiger partial charge in [0.25, 0.3) is 0 Å². The minimum atomic E-state index is -5.04. The molecule has 1 fully saturated rings. The third kappa shape index (κ3) is 11.5. The van der Waals surface area contributed by atoms with Crippen LogP contribution < -0.4 is 20.3 Å². The van der Waals surface area contributed by atoms with E-state index in [-0.39, 0.29) is 31.1 Å². The summed E-state index contributed by atoms with van der Waals surface area (Å²) in [6, 6.07) is 7.36. The molecule has 0 spiro atoms. The first kappa shape index (κ1) is 37.1. The van der Waals surface area contributed by atoms with Crippen molar-refractivity contribution in [3.05, 3.63) is 83.1 Å². The predicted octanol–water partition coefficient (Wildman–Crippen LogP) is 6.59. The van der Waals surface area contributed by atoms with Gasteiger partial charge in [-0.25, -0.2) is 4.79 Å². The summed E-state index contributed by atoms with van der Waals surface area (Å²) in [5.41, 5.74) is -3.69. The number of amides is 3. The second-order valence-electron chi connectivity index (χ2n) is 12.7. The van der Waals surface area contributed by atoms with Crippen molar-refractivity contribution in [1.29, 1.82) is 0 Å². The maximum Gasteiger partial charge on any atom is 0.416 e. The highest BCUT2D eigenvalue weighted by Crippen LogP contribution is 2.36. The number of alkyl carbamates (subject to hydrolysis) is 1. The van der Waals surface area contributed by atoms with Crippen molar-refractivity contribution in [1.82, 2.24) is 15.5 Å². The molecule has 1 atom stereocenters. The summed E-state index contributed by atoms with van der Waals surface area (Å²) in [4.78, 5) is 41.8. The third-order valence-corrected chi connectivity index (χ3v) is 7.47. The van der Waals surface area contributed by atoms with E-state index in [1.807, 2.05) is 18.2 Å². The van der Waals surface area contributed by atoms with Crippen molar-refractivity contribution in [2.45, 2.75) is 70.6 Å². The number of rotatable bonds is 10. The molecule has 0 unspecified atom stereocenters. The lowest BCUT2D eigenvalue weighted by Gasteiger charge is -2.27. The van der Waals surface area contributed by atoms with E-state index >= 15 is 0 Å². The van der Waals surface area contributed by atoms with Gasteiger partial charge in [-0.15, -0.1) is 0 Å². The summed E-state index contributed by atoms with van der Waals surface area (Å²) in [6.07, 6.45) is -3.09. The van der Waals surface area contributed by atoms with Crippen LogP contribution in [0.3, 0.4) is 0 Å². The smallest absolute Gasteiger partial charge is 0.416 e. The summed E-state index contributed by atoms with van der Waals surface area (Å²) in [5, 5.41) is 5.12. The molecule has 3 amide bonds. The van der Waals surface area contributed by atoms with Gasteiger partial charge in [0.05, 0.1) is 30.3 Å². The molecule has 1 heterocycles. The van der Waals surface area contributed by atoms with Gasteiger partial charge in [-0.05, 0) is 75.6 Å². The monoisotopic (exact) mass is 696 g/mol. The Bertz CT molecular complexity index is 1550. The van der Waals surface area contributed by atoms with E-state index in [1.54, 1.807) is 45.0 Å². The van der Waals surface area contributed by atoms with Crippen molar-refractivity contribution < 1.29 is 50.2 Å².